The summed E-state index contributed by atoms with van der Waals surface area (Å²) in [5.41, 5.74) is -2.58. The van der Waals surface area contributed by atoms with Crippen LogP contribution in [0.1, 0.15) is 20.3 Å². The smallest absolute Gasteiger partial charge is 0.253 e. The van der Waals surface area contributed by atoms with Gasteiger partial charge in [0.05, 0.1) is 0 Å². The minimum atomic E-state index is -1.71. The Morgan fingerprint density at radius 2 is 1.71 bits per heavy atom. The first-order valence-corrected chi connectivity index (χ1v) is 6.17. The summed E-state index contributed by atoms with van der Waals surface area (Å²) in [4.78, 5) is 24.3. The average molecular weight is 304 g/mol. The Balaban J connectivity index is 2.61. The van der Waals surface area contributed by atoms with E-state index in [4.69, 9.17) is 0 Å². The summed E-state index contributed by atoms with van der Waals surface area (Å²) in [6, 6.07) is 0.0433. The van der Waals surface area contributed by atoms with Gasteiger partial charge in [-0.15, -0.1) is 0 Å². The number of hydrogen-bond acceptors (Lipinski definition) is 2. The number of carbonyl (C=O) groups is 2. The monoisotopic (exact) mass is 304 g/mol. The molecule has 1 aliphatic rings. The largest absolute Gasteiger partial charge is 0.340 e. The molecular weight excluding hydrogens is 292 g/mol. The first-order valence-electron chi connectivity index (χ1n) is 6.17. The number of rotatable bonds is 2. The van der Waals surface area contributed by atoms with Gasteiger partial charge in [0, 0.05) is 6.07 Å². The molecule has 0 spiro atoms. The van der Waals surface area contributed by atoms with E-state index in [1.165, 1.54) is 6.92 Å². The number of halogens is 4. The van der Waals surface area contributed by atoms with Crippen LogP contribution in [0.3, 0.4) is 0 Å². The van der Waals surface area contributed by atoms with Crippen LogP contribution >= 0.6 is 0 Å². The molecule has 1 aromatic carbocycles. The topological polar surface area (TPSA) is 49.4 Å². The van der Waals surface area contributed by atoms with E-state index in [-0.39, 0.29) is 12.5 Å². The van der Waals surface area contributed by atoms with E-state index < -0.39 is 52.9 Å². The van der Waals surface area contributed by atoms with E-state index in [0.717, 1.165) is 0 Å². The molecule has 1 saturated heterocycles. The number of carbonyl (C=O) groups excluding carboxylic acids is 2. The first kappa shape index (κ1) is 15.3. The molecule has 0 radical (unpaired) electrons. The molecule has 1 atom stereocenters. The Kier molecular flexibility index (Phi) is 3.65. The summed E-state index contributed by atoms with van der Waals surface area (Å²) in [5.74, 6) is -8.22. The zero-order valence-electron chi connectivity index (χ0n) is 11.3. The molecule has 0 aromatic heterocycles. The summed E-state index contributed by atoms with van der Waals surface area (Å²) in [6.45, 7) is 2.23. The Labute approximate surface area is 117 Å². The van der Waals surface area contributed by atoms with Gasteiger partial charge in [0.25, 0.3) is 5.91 Å². The van der Waals surface area contributed by atoms with E-state index in [0.29, 0.717) is 4.90 Å². The molecule has 0 aliphatic carbocycles. The lowest BCUT2D eigenvalue weighted by atomic mass is 9.94. The number of anilines is 1. The molecule has 1 N–H and O–H groups in total. The van der Waals surface area contributed by atoms with Crippen LogP contribution in [0.5, 0.6) is 0 Å². The number of hydrogen-bond donors (Lipinski definition) is 1. The quantitative estimate of drug-likeness (QED) is 0.670. The third kappa shape index (κ3) is 2.34. The van der Waals surface area contributed by atoms with Gasteiger partial charge in [-0.2, -0.15) is 0 Å². The fourth-order valence-corrected chi connectivity index (χ4v) is 2.13. The van der Waals surface area contributed by atoms with Gasteiger partial charge < -0.3 is 5.32 Å². The van der Waals surface area contributed by atoms with Crippen molar-refractivity contribution < 1.29 is 27.2 Å². The summed E-state index contributed by atoms with van der Waals surface area (Å²) in [5, 5.41) is 2.40. The number of amides is 2. The zero-order chi connectivity index (χ0) is 15.9. The Morgan fingerprint density at radius 3 is 2.19 bits per heavy atom. The van der Waals surface area contributed by atoms with Gasteiger partial charge in [-0.05, 0) is 13.3 Å². The Bertz CT molecular complexity index is 609. The lowest BCUT2D eigenvalue weighted by molar-refractivity contribution is -0.135. The molecule has 2 rings (SSSR count). The van der Waals surface area contributed by atoms with E-state index in [2.05, 4.69) is 5.32 Å². The van der Waals surface area contributed by atoms with Crippen molar-refractivity contribution in [1.82, 2.24) is 5.32 Å². The van der Waals surface area contributed by atoms with Crippen molar-refractivity contribution in [2.45, 2.75) is 25.8 Å². The van der Waals surface area contributed by atoms with Crippen molar-refractivity contribution in [3.63, 3.8) is 0 Å². The highest BCUT2D eigenvalue weighted by molar-refractivity contribution is 6.09. The lowest BCUT2D eigenvalue weighted by Crippen LogP contribution is -2.65. The minimum Gasteiger partial charge on any atom is -0.340 e. The second-order valence-corrected chi connectivity index (χ2v) is 4.94. The molecule has 4 nitrogen and oxygen atoms in total. The van der Waals surface area contributed by atoms with Gasteiger partial charge >= 0.3 is 0 Å². The second-order valence-electron chi connectivity index (χ2n) is 4.94. The molecule has 1 fully saturated rings. The van der Waals surface area contributed by atoms with Crippen molar-refractivity contribution in [1.29, 1.82) is 0 Å². The highest BCUT2D eigenvalue weighted by Crippen LogP contribution is 2.31. The molecule has 0 saturated carbocycles. The van der Waals surface area contributed by atoms with Crippen LogP contribution in [0.4, 0.5) is 23.2 Å². The van der Waals surface area contributed by atoms with Crippen LogP contribution in [0.2, 0.25) is 0 Å². The maximum absolute atomic E-state index is 13.8. The number of piperazine rings is 1. The zero-order valence-corrected chi connectivity index (χ0v) is 11.3. The van der Waals surface area contributed by atoms with Gasteiger partial charge in [-0.3, -0.25) is 14.5 Å². The fraction of sp³-hybridized carbons (Fsp3) is 0.385. The Hall–Kier alpha value is -2.12. The van der Waals surface area contributed by atoms with Crippen LogP contribution in [0.25, 0.3) is 0 Å². The van der Waals surface area contributed by atoms with Crippen LogP contribution in [-0.4, -0.2) is 23.9 Å². The summed E-state index contributed by atoms with van der Waals surface area (Å²) in [7, 11) is 0. The predicted octanol–water partition coefficient (Wildman–Crippen LogP) is 1.87. The van der Waals surface area contributed by atoms with Crippen molar-refractivity contribution in [3.8, 4) is 0 Å². The van der Waals surface area contributed by atoms with Crippen molar-refractivity contribution in [2.75, 3.05) is 11.4 Å². The standard InChI is InChI=1S/C13H12F4N2O2/c1-3-13(2)12(21)19(5-8(20)18-13)11-9(16)6(14)4-7(15)10(11)17/h4H,3,5H2,1-2H3,(H,18,20). The van der Waals surface area contributed by atoms with Gasteiger partial charge in [-0.25, -0.2) is 17.6 Å². The summed E-state index contributed by atoms with van der Waals surface area (Å²) < 4.78 is 54.1. The highest BCUT2D eigenvalue weighted by atomic mass is 19.2. The average Bonchev–Trinajstić information content (AvgIpc) is 2.42. The number of benzene rings is 1. The van der Waals surface area contributed by atoms with Gasteiger partial charge in [0.2, 0.25) is 5.91 Å². The van der Waals surface area contributed by atoms with E-state index in [1.54, 1.807) is 6.92 Å². The summed E-state index contributed by atoms with van der Waals surface area (Å²) in [6.07, 6.45) is 0.148. The molecule has 1 aromatic rings. The van der Waals surface area contributed by atoms with Crippen LogP contribution < -0.4 is 10.2 Å². The van der Waals surface area contributed by atoms with Crippen molar-refractivity contribution in [3.05, 3.63) is 29.3 Å². The van der Waals surface area contributed by atoms with E-state index in [1.807, 2.05) is 0 Å². The maximum atomic E-state index is 13.8. The number of nitrogens with one attached hydrogen (secondary N) is 1. The molecule has 1 aliphatic heterocycles. The van der Waals surface area contributed by atoms with Gasteiger partial charge in [0.15, 0.2) is 23.3 Å². The highest BCUT2D eigenvalue weighted by Gasteiger charge is 2.44. The van der Waals surface area contributed by atoms with Crippen molar-refractivity contribution in [2.24, 2.45) is 0 Å². The van der Waals surface area contributed by atoms with E-state index >= 15 is 0 Å². The fourth-order valence-electron chi connectivity index (χ4n) is 2.13. The minimum absolute atomic E-state index is 0.0433. The van der Waals surface area contributed by atoms with E-state index in [9.17, 15) is 27.2 Å². The van der Waals surface area contributed by atoms with Crippen molar-refractivity contribution >= 4 is 17.5 Å². The molecule has 114 valence electrons. The SMILES string of the molecule is CCC1(C)NC(=O)CN(c2c(F)c(F)cc(F)c2F)C1=O. The van der Waals surface area contributed by atoms with Crippen LogP contribution in [0.15, 0.2) is 6.07 Å². The Morgan fingerprint density at radius 1 is 1.19 bits per heavy atom. The molecular formula is C13H12F4N2O2. The molecule has 8 heteroatoms. The van der Waals surface area contributed by atoms with Gasteiger partial charge in [-0.1, -0.05) is 6.92 Å². The first-order chi connectivity index (χ1) is 9.71. The van der Waals surface area contributed by atoms with Crippen LogP contribution in [0, 0.1) is 23.3 Å². The summed E-state index contributed by atoms with van der Waals surface area (Å²) >= 11 is 0. The van der Waals surface area contributed by atoms with Crippen LogP contribution in [-0.2, 0) is 9.59 Å². The maximum Gasteiger partial charge on any atom is 0.253 e. The predicted molar refractivity (Wildman–Crippen MR) is 65.5 cm³/mol. The lowest BCUT2D eigenvalue weighted by Gasteiger charge is -2.39. The van der Waals surface area contributed by atoms with Gasteiger partial charge in [0.1, 0.15) is 17.8 Å². The molecule has 1 unspecified atom stereocenters. The second kappa shape index (κ2) is 5.01. The molecule has 2 amide bonds. The molecule has 0 bridgehead atoms. The molecule has 21 heavy (non-hydrogen) atoms. The number of nitrogens with zero attached hydrogens (tertiary/aromatic N) is 1. The normalized spacial score (nSPS) is 22.5. The molecule has 1 heterocycles. The third-order valence-corrected chi connectivity index (χ3v) is 3.50. The third-order valence-electron chi connectivity index (χ3n) is 3.50.